The number of hydrogen-bond acceptors (Lipinski definition) is 3. The maximum absolute atomic E-state index is 12.1. The second-order valence-electron chi connectivity index (χ2n) is 4.91. The molecule has 2 rings (SSSR count). The van der Waals surface area contributed by atoms with Crippen molar-refractivity contribution in [1.82, 2.24) is 10.6 Å². The molecule has 0 saturated carbocycles. The van der Waals surface area contributed by atoms with Crippen LogP contribution in [0.4, 0.5) is 0 Å². The number of nitrogens with one attached hydrogen (secondary N) is 2. The highest BCUT2D eigenvalue weighted by Gasteiger charge is 2.15. The monoisotopic (exact) mass is 307 g/mol. The molecule has 0 heterocycles. The minimum absolute atomic E-state index is 0.0423. The van der Waals surface area contributed by atoms with Gasteiger partial charge in [0, 0.05) is 19.6 Å². The van der Waals surface area contributed by atoms with Gasteiger partial charge in [-0.1, -0.05) is 30.4 Å². The molecule has 0 saturated heterocycles. The fraction of sp³-hybridized carbons (Fsp3) is 0.400. The normalized spacial score (nSPS) is 16.1. The van der Waals surface area contributed by atoms with E-state index in [-0.39, 0.29) is 5.75 Å². The van der Waals surface area contributed by atoms with Crippen molar-refractivity contribution in [2.45, 2.75) is 23.8 Å². The van der Waals surface area contributed by atoms with Crippen molar-refractivity contribution in [1.29, 1.82) is 0 Å². The Hall–Kier alpha value is -1.82. The largest absolute Gasteiger partial charge is 0.355 e. The molecule has 0 spiro atoms. The minimum atomic E-state index is -3.25. The quantitative estimate of drug-likeness (QED) is 0.489. The molecule has 21 heavy (non-hydrogen) atoms. The predicted molar refractivity (Wildman–Crippen MR) is 85.2 cm³/mol. The first-order chi connectivity index (χ1) is 10.1. The van der Waals surface area contributed by atoms with E-state index in [0.717, 1.165) is 12.8 Å². The van der Waals surface area contributed by atoms with Crippen molar-refractivity contribution in [3.63, 3.8) is 0 Å². The SMILES string of the molecule is CN=C(NCCS(=O)(=O)c1ccccc1)NC1CC=CC1. The lowest BCUT2D eigenvalue weighted by Gasteiger charge is -2.16. The number of hydrogen-bond donors (Lipinski definition) is 2. The van der Waals surface area contributed by atoms with Crippen LogP contribution in [0.1, 0.15) is 12.8 Å². The van der Waals surface area contributed by atoms with Gasteiger partial charge >= 0.3 is 0 Å². The molecule has 1 aromatic rings. The molecule has 0 amide bonds. The van der Waals surface area contributed by atoms with Crippen LogP contribution < -0.4 is 10.6 Å². The van der Waals surface area contributed by atoms with Crippen molar-refractivity contribution < 1.29 is 8.42 Å². The van der Waals surface area contributed by atoms with Gasteiger partial charge in [0.2, 0.25) is 0 Å². The number of guanidine groups is 1. The summed E-state index contributed by atoms with van der Waals surface area (Å²) in [6.07, 6.45) is 6.21. The molecule has 6 heteroatoms. The molecular formula is C15H21N3O2S. The molecule has 1 aliphatic rings. The van der Waals surface area contributed by atoms with Crippen LogP contribution in [0.15, 0.2) is 52.4 Å². The van der Waals surface area contributed by atoms with E-state index >= 15 is 0 Å². The van der Waals surface area contributed by atoms with Gasteiger partial charge in [-0.25, -0.2) is 8.42 Å². The standard InChI is InChI=1S/C15H21N3O2S/c1-16-15(18-13-7-5-6-8-13)17-11-12-21(19,20)14-9-3-2-4-10-14/h2-6,9-10,13H,7-8,11-12H2,1H3,(H2,16,17,18). The fourth-order valence-corrected chi connectivity index (χ4v) is 3.35. The van der Waals surface area contributed by atoms with Gasteiger partial charge in [0.15, 0.2) is 15.8 Å². The van der Waals surface area contributed by atoms with Gasteiger partial charge in [0.1, 0.15) is 0 Å². The molecule has 0 bridgehead atoms. The van der Waals surface area contributed by atoms with Gasteiger partial charge in [-0.15, -0.1) is 0 Å². The summed E-state index contributed by atoms with van der Waals surface area (Å²) < 4.78 is 24.3. The fourth-order valence-electron chi connectivity index (χ4n) is 2.17. The molecule has 0 atom stereocenters. The summed E-state index contributed by atoms with van der Waals surface area (Å²) in [6, 6.07) is 8.85. The molecule has 5 nitrogen and oxygen atoms in total. The number of nitrogens with zero attached hydrogens (tertiary/aromatic N) is 1. The van der Waals surface area contributed by atoms with Crippen molar-refractivity contribution >= 4 is 15.8 Å². The van der Waals surface area contributed by atoms with E-state index in [1.165, 1.54) is 0 Å². The van der Waals surface area contributed by atoms with Crippen molar-refractivity contribution in [2.75, 3.05) is 19.3 Å². The minimum Gasteiger partial charge on any atom is -0.355 e. The zero-order valence-corrected chi connectivity index (χ0v) is 12.9. The Balaban J connectivity index is 1.82. The van der Waals surface area contributed by atoms with Crippen LogP contribution in [-0.2, 0) is 9.84 Å². The van der Waals surface area contributed by atoms with Gasteiger partial charge in [-0.05, 0) is 25.0 Å². The number of rotatable bonds is 5. The van der Waals surface area contributed by atoms with Crippen LogP contribution in [0.25, 0.3) is 0 Å². The van der Waals surface area contributed by atoms with Crippen molar-refractivity contribution in [3.8, 4) is 0 Å². The Morgan fingerprint density at radius 1 is 1.24 bits per heavy atom. The molecule has 0 fully saturated rings. The highest BCUT2D eigenvalue weighted by Crippen LogP contribution is 2.10. The highest BCUT2D eigenvalue weighted by molar-refractivity contribution is 7.91. The molecular weight excluding hydrogens is 286 g/mol. The first-order valence-electron chi connectivity index (χ1n) is 7.02. The third-order valence-corrected chi connectivity index (χ3v) is 5.07. The van der Waals surface area contributed by atoms with Crippen LogP contribution in [-0.4, -0.2) is 39.8 Å². The number of benzene rings is 1. The van der Waals surface area contributed by atoms with Crippen molar-refractivity contribution in [3.05, 3.63) is 42.5 Å². The topological polar surface area (TPSA) is 70.6 Å². The van der Waals surface area contributed by atoms with Gasteiger partial charge in [-0.2, -0.15) is 0 Å². The van der Waals surface area contributed by atoms with E-state index in [0.29, 0.717) is 23.4 Å². The molecule has 0 aliphatic heterocycles. The van der Waals surface area contributed by atoms with E-state index in [2.05, 4.69) is 27.8 Å². The Bertz CT molecular complexity index is 601. The molecule has 0 aromatic heterocycles. The lowest BCUT2D eigenvalue weighted by molar-refractivity contribution is 0.593. The maximum Gasteiger partial charge on any atom is 0.191 e. The van der Waals surface area contributed by atoms with Gasteiger partial charge in [-0.3, -0.25) is 4.99 Å². The summed E-state index contributed by atoms with van der Waals surface area (Å²) >= 11 is 0. The zero-order valence-electron chi connectivity index (χ0n) is 12.1. The van der Waals surface area contributed by atoms with Gasteiger partial charge in [0.05, 0.1) is 10.6 Å². The number of sulfone groups is 1. The molecule has 2 N–H and O–H groups in total. The Morgan fingerprint density at radius 3 is 2.52 bits per heavy atom. The maximum atomic E-state index is 12.1. The second-order valence-corrected chi connectivity index (χ2v) is 7.02. The third-order valence-electron chi connectivity index (χ3n) is 3.34. The Morgan fingerprint density at radius 2 is 1.90 bits per heavy atom. The van der Waals surface area contributed by atoms with Crippen LogP contribution in [0.5, 0.6) is 0 Å². The smallest absolute Gasteiger partial charge is 0.191 e. The molecule has 1 aliphatic carbocycles. The first kappa shape index (κ1) is 15.6. The lowest BCUT2D eigenvalue weighted by Crippen LogP contribution is -2.43. The zero-order chi connectivity index (χ0) is 15.1. The van der Waals surface area contributed by atoms with E-state index < -0.39 is 9.84 Å². The average molecular weight is 307 g/mol. The molecule has 0 radical (unpaired) electrons. The summed E-state index contributed by atoms with van der Waals surface area (Å²) in [6.45, 7) is 0.330. The predicted octanol–water partition coefficient (Wildman–Crippen LogP) is 1.34. The summed E-state index contributed by atoms with van der Waals surface area (Å²) in [7, 11) is -1.57. The Kier molecular flexibility index (Phi) is 5.38. The average Bonchev–Trinajstić information content (AvgIpc) is 3.00. The van der Waals surface area contributed by atoms with Crippen LogP contribution >= 0.6 is 0 Å². The molecule has 0 unspecified atom stereocenters. The lowest BCUT2D eigenvalue weighted by atomic mass is 10.2. The molecule has 114 valence electrons. The third kappa shape index (κ3) is 4.60. The van der Waals surface area contributed by atoms with Gasteiger partial charge in [0.25, 0.3) is 0 Å². The summed E-state index contributed by atoms with van der Waals surface area (Å²) in [5.41, 5.74) is 0. The Labute approximate surface area is 126 Å². The van der Waals surface area contributed by atoms with Crippen LogP contribution in [0.2, 0.25) is 0 Å². The summed E-state index contributed by atoms with van der Waals surface area (Å²) in [5.74, 6) is 0.688. The summed E-state index contributed by atoms with van der Waals surface area (Å²) in [5, 5.41) is 6.33. The van der Waals surface area contributed by atoms with E-state index in [9.17, 15) is 8.42 Å². The van der Waals surface area contributed by atoms with E-state index in [1.807, 2.05) is 0 Å². The van der Waals surface area contributed by atoms with Crippen LogP contribution in [0, 0.1) is 0 Å². The summed E-state index contributed by atoms with van der Waals surface area (Å²) in [4.78, 5) is 4.47. The van der Waals surface area contributed by atoms with Gasteiger partial charge < -0.3 is 10.6 Å². The van der Waals surface area contributed by atoms with E-state index in [1.54, 1.807) is 37.4 Å². The second kappa shape index (κ2) is 7.26. The van der Waals surface area contributed by atoms with Crippen LogP contribution in [0.3, 0.4) is 0 Å². The first-order valence-corrected chi connectivity index (χ1v) is 8.67. The number of aliphatic imine (C=N–C) groups is 1. The highest BCUT2D eigenvalue weighted by atomic mass is 32.2. The molecule has 1 aromatic carbocycles. The van der Waals surface area contributed by atoms with Crippen molar-refractivity contribution in [2.24, 2.45) is 4.99 Å². The van der Waals surface area contributed by atoms with E-state index in [4.69, 9.17) is 0 Å².